The molecule has 12 nitrogen and oxygen atoms in total. The summed E-state index contributed by atoms with van der Waals surface area (Å²) in [5.74, 6) is -0.995. The van der Waals surface area contributed by atoms with Crippen molar-refractivity contribution in [3.05, 3.63) is 48.0 Å². The van der Waals surface area contributed by atoms with E-state index in [1.54, 1.807) is 36.5 Å². The Hall–Kier alpha value is -4.52. The molecule has 2 saturated heterocycles. The second-order valence-corrected chi connectivity index (χ2v) is 12.5. The molecule has 0 bridgehead atoms. The molecule has 2 amide bonds. The highest BCUT2D eigenvalue weighted by molar-refractivity contribution is 6.14. The Balaban J connectivity index is 1.33. The maximum absolute atomic E-state index is 14.7. The number of hydrogen-bond acceptors (Lipinski definition) is 9. The van der Waals surface area contributed by atoms with Gasteiger partial charge in [0.1, 0.15) is 17.2 Å². The lowest BCUT2D eigenvalue weighted by Gasteiger charge is -2.45. The lowest BCUT2D eigenvalue weighted by atomic mass is 10.0. The highest BCUT2D eigenvalue weighted by Crippen LogP contribution is 2.33. The second kappa shape index (κ2) is 11.2. The first-order chi connectivity index (χ1) is 20.9. The Labute approximate surface area is 254 Å². The van der Waals surface area contributed by atoms with E-state index in [0.717, 1.165) is 5.69 Å². The molecule has 0 radical (unpaired) electrons. The number of nitrogens with zero attached hydrogens (tertiary/aromatic N) is 6. The van der Waals surface area contributed by atoms with Crippen molar-refractivity contribution in [1.82, 2.24) is 24.6 Å². The predicted octanol–water partition coefficient (Wildman–Crippen LogP) is 4.52. The van der Waals surface area contributed by atoms with Gasteiger partial charge in [-0.15, -0.1) is 0 Å². The zero-order valence-electron chi connectivity index (χ0n) is 25.6. The number of fused-ring (bicyclic) bond motifs is 2. The first kappa shape index (κ1) is 29.5. The number of aryl methyl sites for hydroxylation is 1. The SMILES string of the molecule is C[C@@H]1CN(c2ccc(C(=O)Nc3cc(F)c4nn(C)cc4c3)c3nc(OC4COC4)ncc23)C[C@H](C)N1C(=O)OC(C)(C)C. The third kappa shape index (κ3) is 5.83. The highest BCUT2D eigenvalue weighted by atomic mass is 19.1. The van der Waals surface area contributed by atoms with Gasteiger partial charge in [0, 0.05) is 54.7 Å². The molecule has 232 valence electrons. The van der Waals surface area contributed by atoms with Crippen LogP contribution in [0, 0.1) is 5.82 Å². The van der Waals surface area contributed by atoms with Crippen LogP contribution in [0.15, 0.2) is 36.7 Å². The summed E-state index contributed by atoms with van der Waals surface area (Å²) in [5, 5.41) is 8.16. The number of ether oxygens (including phenoxy) is 3. The van der Waals surface area contributed by atoms with Crippen molar-refractivity contribution < 1.29 is 28.2 Å². The number of carbonyl (C=O) groups excluding carboxylic acids is 2. The summed E-state index contributed by atoms with van der Waals surface area (Å²) >= 11 is 0. The first-order valence-corrected chi connectivity index (χ1v) is 14.6. The minimum atomic E-state index is -0.599. The van der Waals surface area contributed by atoms with E-state index in [4.69, 9.17) is 14.2 Å². The third-order valence-corrected chi connectivity index (χ3v) is 7.63. The Morgan fingerprint density at radius 2 is 1.82 bits per heavy atom. The molecule has 2 aromatic heterocycles. The van der Waals surface area contributed by atoms with Gasteiger partial charge in [0.05, 0.1) is 36.4 Å². The zero-order chi connectivity index (χ0) is 31.3. The molecular weight excluding hydrogens is 569 g/mol. The molecular formula is C31H36FN7O5. The molecule has 2 aromatic carbocycles. The van der Waals surface area contributed by atoms with Crippen LogP contribution in [0.2, 0.25) is 0 Å². The van der Waals surface area contributed by atoms with Crippen LogP contribution in [0.5, 0.6) is 6.01 Å². The molecule has 44 heavy (non-hydrogen) atoms. The van der Waals surface area contributed by atoms with Gasteiger partial charge in [-0.2, -0.15) is 10.1 Å². The van der Waals surface area contributed by atoms with Gasteiger partial charge in [0.25, 0.3) is 5.91 Å². The van der Waals surface area contributed by atoms with Gasteiger partial charge in [0.15, 0.2) is 5.82 Å². The molecule has 6 rings (SSSR count). The van der Waals surface area contributed by atoms with Gasteiger partial charge < -0.3 is 24.4 Å². The minimum Gasteiger partial charge on any atom is -0.455 e. The van der Waals surface area contributed by atoms with Gasteiger partial charge in [-0.25, -0.2) is 14.2 Å². The van der Waals surface area contributed by atoms with Crippen molar-refractivity contribution in [1.29, 1.82) is 0 Å². The number of aromatic nitrogens is 4. The fourth-order valence-electron chi connectivity index (χ4n) is 5.71. The van der Waals surface area contributed by atoms with E-state index in [2.05, 4.69) is 25.3 Å². The van der Waals surface area contributed by atoms with Gasteiger partial charge in [0.2, 0.25) is 0 Å². The Morgan fingerprint density at radius 1 is 1.09 bits per heavy atom. The number of hydrogen-bond donors (Lipinski definition) is 1. The molecule has 2 atom stereocenters. The molecule has 2 aliphatic rings. The lowest BCUT2D eigenvalue weighted by molar-refractivity contribution is -0.0830. The Kier molecular flexibility index (Phi) is 7.52. The van der Waals surface area contributed by atoms with Crippen LogP contribution in [0.25, 0.3) is 21.8 Å². The van der Waals surface area contributed by atoms with Gasteiger partial charge in [-0.3, -0.25) is 14.4 Å². The minimum absolute atomic E-state index is 0.135. The third-order valence-electron chi connectivity index (χ3n) is 7.63. The standard InChI is InChI=1S/C31H36FN7O5/c1-17-12-38(13-18(2)39(17)30(41)44-31(3,4)5)25-8-7-22(27-23(25)11-33-29(35-27)43-21-15-42-16-21)28(40)34-20-9-19-14-37(6)36-26(19)24(32)10-20/h7-11,14,17-18,21H,12-13,15-16H2,1-6H3,(H,34,40)/t17-,18+. The van der Waals surface area contributed by atoms with E-state index in [-0.39, 0.29) is 41.4 Å². The van der Waals surface area contributed by atoms with Gasteiger partial charge in [-0.1, -0.05) is 0 Å². The molecule has 1 N–H and O–H groups in total. The van der Waals surface area contributed by atoms with Gasteiger partial charge in [-0.05, 0) is 58.9 Å². The number of carbonyl (C=O) groups is 2. The van der Waals surface area contributed by atoms with Crippen LogP contribution in [0.3, 0.4) is 0 Å². The van der Waals surface area contributed by atoms with Crippen molar-refractivity contribution in [2.45, 2.75) is 58.4 Å². The largest absolute Gasteiger partial charge is 0.455 e. The first-order valence-electron chi connectivity index (χ1n) is 14.6. The molecule has 0 unspecified atom stereocenters. The van der Waals surface area contributed by atoms with Crippen molar-refractivity contribution in [2.24, 2.45) is 7.05 Å². The summed E-state index contributed by atoms with van der Waals surface area (Å²) in [6, 6.07) is 6.32. The van der Waals surface area contributed by atoms with E-state index in [1.807, 2.05) is 40.7 Å². The number of nitrogens with one attached hydrogen (secondary N) is 1. The van der Waals surface area contributed by atoms with Crippen molar-refractivity contribution in [3.8, 4) is 6.01 Å². The molecule has 4 aromatic rings. The molecule has 0 saturated carbocycles. The predicted molar refractivity (Wildman–Crippen MR) is 163 cm³/mol. The van der Waals surface area contributed by atoms with Crippen LogP contribution >= 0.6 is 0 Å². The van der Waals surface area contributed by atoms with Gasteiger partial charge >= 0.3 is 12.1 Å². The molecule has 4 heterocycles. The van der Waals surface area contributed by atoms with Crippen LogP contribution in [-0.4, -0.2) is 86.7 Å². The maximum Gasteiger partial charge on any atom is 0.410 e. The molecule has 13 heteroatoms. The summed E-state index contributed by atoms with van der Waals surface area (Å²) in [6.07, 6.45) is 2.83. The number of benzene rings is 2. The average molecular weight is 606 g/mol. The van der Waals surface area contributed by atoms with Crippen LogP contribution < -0.4 is 15.0 Å². The van der Waals surface area contributed by atoms with Crippen LogP contribution in [0.1, 0.15) is 45.0 Å². The lowest BCUT2D eigenvalue weighted by Crippen LogP contribution is -2.59. The molecule has 0 aliphatic carbocycles. The normalized spacial score (nSPS) is 19.2. The molecule has 2 fully saturated rings. The number of anilines is 2. The van der Waals surface area contributed by atoms with Crippen molar-refractivity contribution >= 4 is 45.2 Å². The fraction of sp³-hybridized carbons (Fsp3) is 0.452. The smallest absolute Gasteiger partial charge is 0.410 e. The summed E-state index contributed by atoms with van der Waals surface area (Å²) in [7, 11) is 1.71. The highest BCUT2D eigenvalue weighted by Gasteiger charge is 2.36. The summed E-state index contributed by atoms with van der Waals surface area (Å²) in [4.78, 5) is 39.7. The van der Waals surface area contributed by atoms with Crippen molar-refractivity contribution in [2.75, 3.05) is 36.5 Å². The number of piperazine rings is 1. The quantitative estimate of drug-likeness (QED) is 0.350. The van der Waals surface area contributed by atoms with Crippen LogP contribution in [0.4, 0.5) is 20.6 Å². The number of rotatable bonds is 5. The molecule has 2 aliphatic heterocycles. The Morgan fingerprint density at radius 3 is 2.48 bits per heavy atom. The van der Waals surface area contributed by atoms with E-state index in [1.165, 1.54) is 10.7 Å². The van der Waals surface area contributed by atoms with E-state index in [0.29, 0.717) is 48.3 Å². The van der Waals surface area contributed by atoms with E-state index < -0.39 is 17.3 Å². The maximum atomic E-state index is 14.7. The zero-order valence-corrected chi connectivity index (χ0v) is 25.6. The fourth-order valence-corrected chi connectivity index (χ4v) is 5.71. The monoisotopic (exact) mass is 605 g/mol. The van der Waals surface area contributed by atoms with E-state index >= 15 is 0 Å². The topological polar surface area (TPSA) is 124 Å². The second-order valence-electron chi connectivity index (χ2n) is 12.5. The summed E-state index contributed by atoms with van der Waals surface area (Å²) in [6.45, 7) is 11.5. The molecule has 0 spiro atoms. The van der Waals surface area contributed by atoms with Crippen LogP contribution in [-0.2, 0) is 16.5 Å². The number of halogens is 1. The van der Waals surface area contributed by atoms with Crippen molar-refractivity contribution in [3.63, 3.8) is 0 Å². The average Bonchev–Trinajstić information content (AvgIpc) is 3.29. The summed E-state index contributed by atoms with van der Waals surface area (Å²) in [5.41, 5.74) is 1.41. The Bertz CT molecular complexity index is 1740. The van der Waals surface area contributed by atoms with E-state index in [9.17, 15) is 14.0 Å². The summed E-state index contributed by atoms with van der Waals surface area (Å²) < 4.78 is 33.0. The number of amides is 2.